The van der Waals surface area contributed by atoms with Gasteiger partial charge in [-0.1, -0.05) is 0 Å². The third-order valence-corrected chi connectivity index (χ3v) is 2.54. The molecule has 0 bridgehead atoms. The molecule has 0 saturated heterocycles. The molecule has 0 radical (unpaired) electrons. The Balaban J connectivity index is 2.82. The molecule has 0 spiro atoms. The number of ether oxygens (including phenoxy) is 2. The highest BCUT2D eigenvalue weighted by molar-refractivity contribution is 5.60. The molecular weight excluding hydrogens is 244 g/mol. The predicted molar refractivity (Wildman–Crippen MR) is 74.4 cm³/mol. The molecule has 1 aromatic rings. The van der Waals surface area contributed by atoms with Gasteiger partial charge in [-0.05, 0) is 18.6 Å². The van der Waals surface area contributed by atoms with Crippen LogP contribution in [-0.2, 0) is 9.47 Å². The summed E-state index contributed by atoms with van der Waals surface area (Å²) in [5, 5.41) is 15.4. The molecule has 0 amide bonds. The Morgan fingerprint density at radius 3 is 2.42 bits per heavy atom. The summed E-state index contributed by atoms with van der Waals surface area (Å²) in [5.74, 6) is 1.31. The minimum Gasteiger partial charge on any atom is -0.383 e. The molecule has 0 fully saturated rings. The first-order chi connectivity index (χ1) is 9.22. The van der Waals surface area contributed by atoms with E-state index in [1.54, 1.807) is 14.2 Å². The van der Waals surface area contributed by atoms with Crippen molar-refractivity contribution in [3.8, 4) is 6.07 Å². The number of nitriles is 1. The van der Waals surface area contributed by atoms with Crippen LogP contribution in [0, 0.1) is 18.3 Å². The topological polar surface area (TPSA) is 79.2 Å². The first-order valence-corrected chi connectivity index (χ1v) is 6.10. The maximum atomic E-state index is 9.16. The van der Waals surface area contributed by atoms with Gasteiger partial charge in [0.2, 0.25) is 0 Å². The van der Waals surface area contributed by atoms with Crippen LogP contribution in [0.15, 0.2) is 6.07 Å². The Labute approximate surface area is 113 Å². The molecule has 6 heteroatoms. The lowest BCUT2D eigenvalue weighted by molar-refractivity contribution is 0.210. The van der Waals surface area contributed by atoms with Crippen LogP contribution in [0.5, 0.6) is 0 Å². The molecule has 0 saturated carbocycles. The molecule has 0 aliphatic rings. The van der Waals surface area contributed by atoms with Gasteiger partial charge in [0.15, 0.2) is 0 Å². The number of hydrogen-bond acceptors (Lipinski definition) is 6. The van der Waals surface area contributed by atoms with E-state index in [9.17, 15) is 0 Å². The summed E-state index contributed by atoms with van der Waals surface area (Å²) in [6, 6.07) is 4.02. The lowest BCUT2D eigenvalue weighted by atomic mass is 10.1. The van der Waals surface area contributed by atoms with E-state index in [1.807, 2.05) is 13.0 Å². The normalized spacial score (nSPS) is 10.0. The molecule has 0 aliphatic carbocycles. The van der Waals surface area contributed by atoms with E-state index in [1.165, 1.54) is 0 Å². The number of nitrogens with zero attached hydrogens (tertiary/aromatic N) is 2. The quantitative estimate of drug-likeness (QED) is 0.691. The van der Waals surface area contributed by atoms with Gasteiger partial charge in [0.1, 0.15) is 17.7 Å². The van der Waals surface area contributed by atoms with Crippen LogP contribution in [0.3, 0.4) is 0 Å². The number of rotatable bonds is 8. The van der Waals surface area contributed by atoms with E-state index in [2.05, 4.69) is 21.7 Å². The van der Waals surface area contributed by atoms with Gasteiger partial charge in [-0.3, -0.25) is 0 Å². The van der Waals surface area contributed by atoms with Crippen molar-refractivity contribution in [2.75, 3.05) is 51.2 Å². The number of pyridine rings is 1. The van der Waals surface area contributed by atoms with Crippen molar-refractivity contribution < 1.29 is 9.47 Å². The van der Waals surface area contributed by atoms with Gasteiger partial charge in [0, 0.05) is 27.3 Å². The molecule has 1 heterocycles. The molecule has 6 nitrogen and oxygen atoms in total. The average Bonchev–Trinajstić information content (AvgIpc) is 2.39. The van der Waals surface area contributed by atoms with Crippen LogP contribution in [0.1, 0.15) is 11.1 Å². The molecule has 1 aromatic heterocycles. The fourth-order valence-corrected chi connectivity index (χ4v) is 1.58. The number of anilines is 2. The van der Waals surface area contributed by atoms with Crippen molar-refractivity contribution in [3.63, 3.8) is 0 Å². The molecule has 0 atom stereocenters. The van der Waals surface area contributed by atoms with E-state index in [0.717, 1.165) is 11.4 Å². The number of nitrogens with one attached hydrogen (secondary N) is 2. The third-order valence-electron chi connectivity index (χ3n) is 2.54. The highest BCUT2D eigenvalue weighted by Crippen LogP contribution is 2.20. The van der Waals surface area contributed by atoms with Crippen LogP contribution in [-0.4, -0.2) is 45.5 Å². The summed E-state index contributed by atoms with van der Waals surface area (Å²) < 4.78 is 9.95. The van der Waals surface area contributed by atoms with Crippen LogP contribution < -0.4 is 10.6 Å². The van der Waals surface area contributed by atoms with E-state index in [4.69, 9.17) is 14.7 Å². The number of hydrogen-bond donors (Lipinski definition) is 2. The van der Waals surface area contributed by atoms with Gasteiger partial charge in [0.25, 0.3) is 0 Å². The first kappa shape index (κ1) is 15.2. The van der Waals surface area contributed by atoms with Gasteiger partial charge < -0.3 is 20.1 Å². The molecule has 19 heavy (non-hydrogen) atoms. The summed E-state index contributed by atoms with van der Waals surface area (Å²) in [4.78, 5) is 4.39. The van der Waals surface area contributed by atoms with Crippen molar-refractivity contribution in [2.24, 2.45) is 0 Å². The molecule has 1 rings (SSSR count). The minimum absolute atomic E-state index is 0.562. The lowest BCUT2D eigenvalue weighted by Crippen LogP contribution is -2.13. The number of methoxy groups -OCH3 is 2. The van der Waals surface area contributed by atoms with Gasteiger partial charge in [-0.25, -0.2) is 4.98 Å². The molecule has 2 N–H and O–H groups in total. The lowest BCUT2D eigenvalue weighted by Gasteiger charge is -2.12. The first-order valence-electron chi connectivity index (χ1n) is 6.10. The summed E-state index contributed by atoms with van der Waals surface area (Å²) in [7, 11) is 3.28. The van der Waals surface area contributed by atoms with Crippen LogP contribution in [0.25, 0.3) is 0 Å². The minimum atomic E-state index is 0.562. The summed E-state index contributed by atoms with van der Waals surface area (Å²) in [5.41, 5.74) is 1.45. The molecule has 0 unspecified atom stereocenters. The highest BCUT2D eigenvalue weighted by Gasteiger charge is 2.09. The van der Waals surface area contributed by atoms with E-state index >= 15 is 0 Å². The average molecular weight is 264 g/mol. The summed E-state index contributed by atoms with van der Waals surface area (Å²) in [6.45, 7) is 4.34. The second-order valence-corrected chi connectivity index (χ2v) is 4.00. The molecule has 0 aliphatic heterocycles. The Hall–Kier alpha value is -1.84. The second-order valence-electron chi connectivity index (χ2n) is 4.00. The number of aromatic nitrogens is 1. The summed E-state index contributed by atoms with van der Waals surface area (Å²) >= 11 is 0. The highest BCUT2D eigenvalue weighted by atomic mass is 16.5. The molecule has 104 valence electrons. The van der Waals surface area contributed by atoms with E-state index < -0.39 is 0 Å². The zero-order valence-electron chi connectivity index (χ0n) is 11.6. The van der Waals surface area contributed by atoms with Gasteiger partial charge in [-0.2, -0.15) is 5.26 Å². The Morgan fingerprint density at radius 2 is 1.84 bits per heavy atom. The standard InChI is InChI=1S/C13H20N4O2/c1-10-8-12(15-4-6-18-2)17-13(11(10)9-14)16-5-7-19-3/h8H,4-7H2,1-3H3,(H2,15,16,17). The van der Waals surface area contributed by atoms with Crippen molar-refractivity contribution in [2.45, 2.75) is 6.92 Å². The molecular formula is C13H20N4O2. The van der Waals surface area contributed by atoms with Crippen molar-refractivity contribution in [1.29, 1.82) is 5.26 Å². The fourth-order valence-electron chi connectivity index (χ4n) is 1.58. The SMILES string of the molecule is COCCNc1cc(C)c(C#N)c(NCCOC)n1. The van der Waals surface area contributed by atoms with Crippen molar-refractivity contribution in [3.05, 3.63) is 17.2 Å². The Kier molecular flexibility index (Phi) is 6.64. The predicted octanol–water partition coefficient (Wildman–Crippen LogP) is 1.38. The zero-order chi connectivity index (χ0) is 14.1. The Bertz CT molecular complexity index is 443. The van der Waals surface area contributed by atoms with Crippen LogP contribution >= 0.6 is 0 Å². The fraction of sp³-hybridized carbons (Fsp3) is 0.538. The van der Waals surface area contributed by atoms with Crippen molar-refractivity contribution in [1.82, 2.24) is 4.98 Å². The third kappa shape index (κ3) is 4.73. The maximum Gasteiger partial charge on any atom is 0.146 e. The van der Waals surface area contributed by atoms with Gasteiger partial charge >= 0.3 is 0 Å². The van der Waals surface area contributed by atoms with Gasteiger partial charge in [0.05, 0.1) is 18.8 Å². The second kappa shape index (κ2) is 8.29. The van der Waals surface area contributed by atoms with Crippen molar-refractivity contribution >= 4 is 11.6 Å². The Morgan fingerprint density at radius 1 is 1.21 bits per heavy atom. The van der Waals surface area contributed by atoms with Gasteiger partial charge in [-0.15, -0.1) is 0 Å². The monoisotopic (exact) mass is 264 g/mol. The number of aryl methyl sites for hydroxylation is 1. The van der Waals surface area contributed by atoms with Crippen LogP contribution in [0.2, 0.25) is 0 Å². The van der Waals surface area contributed by atoms with Crippen LogP contribution in [0.4, 0.5) is 11.6 Å². The van der Waals surface area contributed by atoms with E-state index in [0.29, 0.717) is 37.7 Å². The maximum absolute atomic E-state index is 9.16. The van der Waals surface area contributed by atoms with E-state index in [-0.39, 0.29) is 0 Å². The largest absolute Gasteiger partial charge is 0.383 e. The molecule has 0 aromatic carbocycles. The summed E-state index contributed by atoms with van der Waals surface area (Å²) in [6.07, 6.45) is 0. The zero-order valence-corrected chi connectivity index (χ0v) is 11.6. The smallest absolute Gasteiger partial charge is 0.146 e.